The van der Waals surface area contributed by atoms with Crippen molar-refractivity contribution in [1.29, 1.82) is 0 Å². The molecule has 1 aromatic carbocycles. The number of nitrogens with zero attached hydrogens (tertiary/aromatic N) is 1. The summed E-state index contributed by atoms with van der Waals surface area (Å²) in [5.74, 6) is 0.684. The average molecular weight is 304 g/mol. The van der Waals surface area contributed by atoms with Crippen LogP contribution in [0.15, 0.2) is 40.3 Å². The quantitative estimate of drug-likeness (QED) is 0.522. The third-order valence-electron chi connectivity index (χ3n) is 2.88. The number of ketones is 1. The number of benzene rings is 1. The lowest BCUT2D eigenvalue weighted by Crippen LogP contribution is -2.16. The van der Waals surface area contributed by atoms with E-state index in [1.54, 1.807) is 45.2 Å². The molecule has 6 heteroatoms. The van der Waals surface area contributed by atoms with Crippen LogP contribution in [0.1, 0.15) is 23.0 Å². The highest BCUT2D eigenvalue weighted by atomic mass is 32.2. The van der Waals surface area contributed by atoms with Crippen molar-refractivity contribution in [2.24, 2.45) is 0 Å². The Morgan fingerprint density at radius 1 is 1.33 bits per heavy atom. The summed E-state index contributed by atoms with van der Waals surface area (Å²) < 4.78 is 5.07. The fourth-order valence-corrected chi connectivity index (χ4v) is 2.75. The Bertz CT molecular complexity index is 695. The van der Waals surface area contributed by atoms with Gasteiger partial charge in [-0.25, -0.2) is 4.98 Å². The molecule has 0 amide bonds. The number of carbonyl (C=O) groups excluding carboxylic acids is 1. The van der Waals surface area contributed by atoms with Crippen molar-refractivity contribution in [3.8, 4) is 5.75 Å². The van der Waals surface area contributed by atoms with Gasteiger partial charge in [-0.15, -0.1) is 0 Å². The van der Waals surface area contributed by atoms with Gasteiger partial charge in [0.15, 0.2) is 10.9 Å². The van der Waals surface area contributed by atoms with Gasteiger partial charge in [0.05, 0.1) is 12.4 Å². The summed E-state index contributed by atoms with van der Waals surface area (Å²) in [6.45, 7) is 3.54. The SMILES string of the molecule is COc1ccc(C(=O)[C@H](C)Sc2nc(C)cc(=O)[nH]2)cc1. The molecule has 1 atom stereocenters. The molecular weight excluding hydrogens is 288 g/mol. The van der Waals surface area contributed by atoms with Crippen molar-refractivity contribution in [3.63, 3.8) is 0 Å². The molecule has 1 aromatic heterocycles. The Kier molecular flexibility index (Phi) is 4.80. The summed E-state index contributed by atoms with van der Waals surface area (Å²) in [6, 6.07) is 8.37. The number of hydrogen-bond donors (Lipinski definition) is 1. The zero-order valence-corrected chi connectivity index (χ0v) is 12.9. The molecule has 21 heavy (non-hydrogen) atoms. The maximum absolute atomic E-state index is 12.3. The summed E-state index contributed by atoms with van der Waals surface area (Å²) in [5, 5.41) is 0.109. The number of aromatic nitrogens is 2. The van der Waals surface area contributed by atoms with E-state index in [9.17, 15) is 9.59 Å². The molecule has 0 unspecified atom stereocenters. The maximum Gasteiger partial charge on any atom is 0.251 e. The summed E-state index contributed by atoms with van der Waals surface area (Å²) in [7, 11) is 1.58. The molecule has 2 rings (SSSR count). The minimum atomic E-state index is -0.344. The van der Waals surface area contributed by atoms with Crippen LogP contribution in [-0.2, 0) is 0 Å². The molecule has 0 aliphatic rings. The molecule has 1 heterocycles. The smallest absolute Gasteiger partial charge is 0.251 e. The number of hydrogen-bond acceptors (Lipinski definition) is 5. The number of carbonyl (C=O) groups is 1. The van der Waals surface area contributed by atoms with Crippen molar-refractivity contribution < 1.29 is 9.53 Å². The normalized spacial score (nSPS) is 12.0. The van der Waals surface area contributed by atoms with Gasteiger partial charge in [-0.2, -0.15) is 0 Å². The van der Waals surface area contributed by atoms with Crippen LogP contribution in [0.25, 0.3) is 0 Å². The second-order valence-electron chi connectivity index (χ2n) is 4.54. The van der Waals surface area contributed by atoms with E-state index in [1.807, 2.05) is 0 Å². The third kappa shape index (κ3) is 3.95. The van der Waals surface area contributed by atoms with Crippen molar-refractivity contribution in [3.05, 3.63) is 51.9 Å². The Labute approximate surface area is 126 Å². The van der Waals surface area contributed by atoms with Gasteiger partial charge < -0.3 is 9.72 Å². The predicted molar refractivity (Wildman–Crippen MR) is 82.2 cm³/mol. The fraction of sp³-hybridized carbons (Fsp3) is 0.267. The molecule has 0 radical (unpaired) electrons. The summed E-state index contributed by atoms with van der Waals surface area (Å²) in [5.41, 5.74) is 1.02. The zero-order valence-electron chi connectivity index (χ0n) is 12.0. The molecule has 5 nitrogen and oxygen atoms in total. The molecule has 0 aliphatic carbocycles. The number of thioether (sulfide) groups is 1. The van der Waals surface area contributed by atoms with Gasteiger partial charge in [-0.3, -0.25) is 9.59 Å². The Balaban J connectivity index is 2.13. The number of nitrogens with one attached hydrogen (secondary N) is 1. The van der Waals surface area contributed by atoms with Crippen molar-refractivity contribution in [2.45, 2.75) is 24.3 Å². The lowest BCUT2D eigenvalue weighted by atomic mass is 10.1. The first-order valence-electron chi connectivity index (χ1n) is 6.42. The minimum Gasteiger partial charge on any atom is -0.497 e. The lowest BCUT2D eigenvalue weighted by Gasteiger charge is -2.10. The minimum absolute atomic E-state index is 0.0215. The van der Waals surface area contributed by atoms with Gasteiger partial charge in [0.25, 0.3) is 5.56 Å². The second kappa shape index (κ2) is 6.58. The molecule has 2 aromatic rings. The summed E-state index contributed by atoms with van der Waals surface area (Å²) >= 11 is 1.24. The van der Waals surface area contributed by atoms with Gasteiger partial charge in [0.1, 0.15) is 5.75 Å². The number of aryl methyl sites for hydroxylation is 1. The number of Topliss-reactive ketones (excluding diaryl/α,β-unsaturated/α-hetero) is 1. The Morgan fingerprint density at radius 2 is 2.00 bits per heavy atom. The van der Waals surface area contributed by atoms with Crippen LogP contribution in [0, 0.1) is 6.92 Å². The first-order chi connectivity index (χ1) is 9.99. The van der Waals surface area contributed by atoms with Gasteiger partial charge in [0.2, 0.25) is 0 Å². The van der Waals surface area contributed by atoms with E-state index < -0.39 is 0 Å². The van der Waals surface area contributed by atoms with Crippen molar-refractivity contribution in [1.82, 2.24) is 9.97 Å². The zero-order chi connectivity index (χ0) is 15.4. The van der Waals surface area contributed by atoms with Gasteiger partial charge in [0, 0.05) is 17.3 Å². The van der Waals surface area contributed by atoms with E-state index in [2.05, 4.69) is 9.97 Å². The highest BCUT2D eigenvalue weighted by Crippen LogP contribution is 2.22. The van der Waals surface area contributed by atoms with E-state index in [1.165, 1.54) is 17.8 Å². The topological polar surface area (TPSA) is 72.0 Å². The first-order valence-corrected chi connectivity index (χ1v) is 7.30. The van der Waals surface area contributed by atoms with Crippen LogP contribution in [-0.4, -0.2) is 28.1 Å². The Hall–Kier alpha value is -2.08. The molecule has 0 fully saturated rings. The molecule has 0 aliphatic heterocycles. The van der Waals surface area contributed by atoms with E-state index >= 15 is 0 Å². The van der Waals surface area contributed by atoms with E-state index in [4.69, 9.17) is 4.74 Å². The van der Waals surface area contributed by atoms with Gasteiger partial charge in [-0.05, 0) is 38.1 Å². The fourth-order valence-electron chi connectivity index (χ4n) is 1.82. The van der Waals surface area contributed by atoms with E-state index in [0.29, 0.717) is 22.2 Å². The average Bonchev–Trinajstić information content (AvgIpc) is 2.45. The monoisotopic (exact) mass is 304 g/mol. The Morgan fingerprint density at radius 3 is 2.57 bits per heavy atom. The predicted octanol–water partition coefficient (Wildman–Crippen LogP) is 2.45. The summed E-state index contributed by atoms with van der Waals surface area (Å²) in [6.07, 6.45) is 0. The molecule has 0 saturated heterocycles. The first kappa shape index (κ1) is 15.3. The third-order valence-corrected chi connectivity index (χ3v) is 3.86. The van der Waals surface area contributed by atoms with Crippen molar-refractivity contribution in [2.75, 3.05) is 7.11 Å². The largest absolute Gasteiger partial charge is 0.497 e. The van der Waals surface area contributed by atoms with Crippen LogP contribution in [0.3, 0.4) is 0 Å². The number of H-pyrrole nitrogens is 1. The highest BCUT2D eigenvalue weighted by Gasteiger charge is 2.17. The lowest BCUT2D eigenvalue weighted by molar-refractivity contribution is 0.0994. The standard InChI is InChI=1S/C15H16N2O3S/c1-9-8-13(18)17-15(16-9)21-10(2)14(19)11-4-6-12(20-3)7-5-11/h4-8,10H,1-3H3,(H,16,17,18)/t10-/m0/s1. The van der Waals surface area contributed by atoms with Crippen LogP contribution < -0.4 is 10.3 Å². The number of rotatable bonds is 5. The molecule has 1 N–H and O–H groups in total. The molecule has 110 valence electrons. The summed E-state index contributed by atoms with van der Waals surface area (Å²) in [4.78, 5) is 30.6. The number of aromatic amines is 1. The van der Waals surface area contributed by atoms with Crippen LogP contribution in [0.2, 0.25) is 0 Å². The number of methoxy groups -OCH3 is 1. The van der Waals surface area contributed by atoms with E-state index in [0.717, 1.165) is 0 Å². The van der Waals surface area contributed by atoms with E-state index in [-0.39, 0.29) is 16.6 Å². The van der Waals surface area contributed by atoms with Crippen molar-refractivity contribution >= 4 is 17.5 Å². The van der Waals surface area contributed by atoms with Crippen LogP contribution >= 0.6 is 11.8 Å². The second-order valence-corrected chi connectivity index (χ2v) is 5.87. The van der Waals surface area contributed by atoms with Gasteiger partial charge >= 0.3 is 0 Å². The molecule has 0 saturated carbocycles. The molecular formula is C15H16N2O3S. The van der Waals surface area contributed by atoms with Gasteiger partial charge in [-0.1, -0.05) is 11.8 Å². The molecule has 0 spiro atoms. The molecule has 0 bridgehead atoms. The van der Waals surface area contributed by atoms with Crippen LogP contribution in [0.4, 0.5) is 0 Å². The highest BCUT2D eigenvalue weighted by molar-refractivity contribution is 8.00. The van der Waals surface area contributed by atoms with Crippen LogP contribution in [0.5, 0.6) is 5.75 Å². The number of ether oxygens (including phenoxy) is 1. The maximum atomic E-state index is 12.3.